The molecule has 0 fully saturated rings. The number of pyridine rings is 1. The van der Waals surface area contributed by atoms with Gasteiger partial charge in [0.2, 0.25) is 5.13 Å². The summed E-state index contributed by atoms with van der Waals surface area (Å²) in [6, 6.07) is 3.32. The molecule has 3 rings (SSSR count). The summed E-state index contributed by atoms with van der Waals surface area (Å²) in [5, 5.41) is 11.6. The number of hydrogen-bond donors (Lipinski definition) is 2. The molecule has 0 saturated carbocycles. The van der Waals surface area contributed by atoms with Gasteiger partial charge in [-0.3, -0.25) is 4.79 Å². The lowest BCUT2D eigenvalue weighted by molar-refractivity contribution is 0.0939. The topological polar surface area (TPSA) is 98.2 Å². The second-order valence-corrected chi connectivity index (χ2v) is 5.78. The van der Waals surface area contributed by atoms with Crippen LogP contribution < -0.4 is 11.1 Å². The highest BCUT2D eigenvalue weighted by atomic mass is 32.1. The van der Waals surface area contributed by atoms with Crippen molar-refractivity contribution in [3.8, 4) is 0 Å². The maximum atomic E-state index is 12.3. The number of anilines is 1. The lowest BCUT2D eigenvalue weighted by Crippen LogP contribution is -2.26. The van der Waals surface area contributed by atoms with Crippen molar-refractivity contribution in [2.24, 2.45) is 0 Å². The fourth-order valence-electron chi connectivity index (χ4n) is 2.02. The molecule has 0 bridgehead atoms. The molecule has 108 valence electrons. The molecular formula is C13H14N6OS. The molecule has 0 aliphatic rings. The second-order valence-electron chi connectivity index (χ2n) is 4.74. The zero-order valence-electron chi connectivity index (χ0n) is 11.6. The van der Waals surface area contributed by atoms with Gasteiger partial charge in [-0.1, -0.05) is 11.3 Å². The zero-order chi connectivity index (χ0) is 15.0. The average Bonchev–Trinajstić information content (AvgIpc) is 3.02. The van der Waals surface area contributed by atoms with Gasteiger partial charge in [0.1, 0.15) is 10.7 Å². The molecule has 0 aromatic carbocycles. The third-order valence-electron chi connectivity index (χ3n) is 3.01. The van der Waals surface area contributed by atoms with E-state index in [-0.39, 0.29) is 11.9 Å². The number of carbonyl (C=O) groups excluding carboxylic acids is 1. The number of nitrogens with zero attached hydrogens (tertiary/aromatic N) is 4. The molecule has 0 aliphatic carbocycles. The summed E-state index contributed by atoms with van der Waals surface area (Å²) in [5.74, 6) is -0.176. The van der Waals surface area contributed by atoms with Gasteiger partial charge >= 0.3 is 0 Å². The molecular weight excluding hydrogens is 288 g/mol. The Morgan fingerprint density at radius 2 is 2.19 bits per heavy atom. The maximum absolute atomic E-state index is 12.3. The standard InChI is InChI=1S/C13H14N6OS/c1-7-5-19-6-9(3-4-10(19)15-7)11(20)16-8(2)12-17-18-13(14)21-12/h3-6,8H,1-2H3,(H2,14,18)(H,16,20)/t8-/m0/s1. The van der Waals surface area contributed by atoms with Gasteiger partial charge in [0.15, 0.2) is 0 Å². The number of amides is 1. The Hall–Kier alpha value is -2.48. The molecule has 21 heavy (non-hydrogen) atoms. The van der Waals surface area contributed by atoms with Crippen molar-refractivity contribution < 1.29 is 4.79 Å². The predicted octanol–water partition coefficient (Wildman–Crippen LogP) is 1.57. The lowest BCUT2D eigenvalue weighted by atomic mass is 10.2. The van der Waals surface area contributed by atoms with E-state index in [9.17, 15) is 4.79 Å². The van der Waals surface area contributed by atoms with Crippen molar-refractivity contribution in [2.75, 3.05) is 5.73 Å². The van der Waals surface area contributed by atoms with E-state index in [0.717, 1.165) is 11.3 Å². The SMILES string of the molecule is Cc1cn2cc(C(=O)N[C@@H](C)c3nnc(N)s3)ccc2n1. The predicted molar refractivity (Wildman–Crippen MR) is 80.1 cm³/mol. The number of nitrogens with one attached hydrogen (secondary N) is 1. The van der Waals surface area contributed by atoms with E-state index in [1.165, 1.54) is 11.3 Å². The van der Waals surface area contributed by atoms with Gasteiger partial charge in [0.05, 0.1) is 17.3 Å². The number of nitrogen functional groups attached to an aromatic ring is 1. The Morgan fingerprint density at radius 3 is 2.90 bits per heavy atom. The van der Waals surface area contributed by atoms with Crippen LogP contribution >= 0.6 is 11.3 Å². The first kappa shape index (κ1) is 13.5. The van der Waals surface area contributed by atoms with Crippen LogP contribution in [0.15, 0.2) is 24.5 Å². The summed E-state index contributed by atoms with van der Waals surface area (Å²) in [4.78, 5) is 16.6. The molecule has 0 unspecified atom stereocenters. The molecule has 1 atom stereocenters. The fraction of sp³-hybridized carbons (Fsp3) is 0.231. The molecule has 3 heterocycles. The molecule has 3 aromatic heterocycles. The van der Waals surface area contributed by atoms with Crippen LogP contribution in [0.5, 0.6) is 0 Å². The van der Waals surface area contributed by atoms with Crippen molar-refractivity contribution in [2.45, 2.75) is 19.9 Å². The molecule has 8 heteroatoms. The number of nitrogens with two attached hydrogens (primary N) is 1. The van der Waals surface area contributed by atoms with E-state index < -0.39 is 0 Å². The highest BCUT2D eigenvalue weighted by Gasteiger charge is 2.15. The molecule has 0 aliphatic heterocycles. The minimum atomic E-state index is -0.243. The van der Waals surface area contributed by atoms with E-state index in [1.54, 1.807) is 12.3 Å². The van der Waals surface area contributed by atoms with E-state index in [4.69, 9.17) is 5.73 Å². The van der Waals surface area contributed by atoms with Gasteiger partial charge in [-0.05, 0) is 26.0 Å². The number of rotatable bonds is 3. The molecule has 0 spiro atoms. The lowest BCUT2D eigenvalue weighted by Gasteiger charge is -2.10. The van der Waals surface area contributed by atoms with Crippen LogP contribution in [-0.2, 0) is 0 Å². The van der Waals surface area contributed by atoms with E-state index >= 15 is 0 Å². The monoisotopic (exact) mass is 302 g/mol. The molecule has 0 saturated heterocycles. The van der Waals surface area contributed by atoms with Crippen LogP contribution in [0.3, 0.4) is 0 Å². The summed E-state index contributed by atoms with van der Waals surface area (Å²) in [7, 11) is 0. The third kappa shape index (κ3) is 2.70. The van der Waals surface area contributed by atoms with Crippen LogP contribution in [0.2, 0.25) is 0 Å². The Labute approximate surface area is 124 Å². The molecule has 3 N–H and O–H groups in total. The number of aryl methyl sites for hydroxylation is 1. The largest absolute Gasteiger partial charge is 0.374 e. The first-order valence-electron chi connectivity index (χ1n) is 6.38. The minimum absolute atomic E-state index is 0.176. The summed E-state index contributed by atoms with van der Waals surface area (Å²) in [5.41, 5.74) is 7.83. The van der Waals surface area contributed by atoms with Gasteiger partial charge in [-0.25, -0.2) is 4.98 Å². The summed E-state index contributed by atoms with van der Waals surface area (Å²) in [6.45, 7) is 3.76. The zero-order valence-corrected chi connectivity index (χ0v) is 12.4. The number of carbonyl (C=O) groups is 1. The Balaban J connectivity index is 1.79. The van der Waals surface area contributed by atoms with Crippen molar-refractivity contribution in [1.82, 2.24) is 24.9 Å². The van der Waals surface area contributed by atoms with Crippen LogP contribution in [-0.4, -0.2) is 25.5 Å². The fourth-order valence-corrected chi connectivity index (χ4v) is 2.63. The number of imidazole rings is 1. The van der Waals surface area contributed by atoms with E-state index in [1.807, 2.05) is 30.5 Å². The molecule has 3 aromatic rings. The first-order chi connectivity index (χ1) is 10.0. The van der Waals surface area contributed by atoms with Crippen molar-refractivity contribution in [3.63, 3.8) is 0 Å². The van der Waals surface area contributed by atoms with Crippen LogP contribution in [0, 0.1) is 6.92 Å². The van der Waals surface area contributed by atoms with E-state index in [0.29, 0.717) is 15.7 Å². The highest BCUT2D eigenvalue weighted by Crippen LogP contribution is 2.19. The number of aromatic nitrogens is 4. The quantitative estimate of drug-likeness (QED) is 0.765. The van der Waals surface area contributed by atoms with E-state index in [2.05, 4.69) is 20.5 Å². The summed E-state index contributed by atoms with van der Waals surface area (Å²) >= 11 is 1.26. The smallest absolute Gasteiger partial charge is 0.253 e. The van der Waals surface area contributed by atoms with Crippen LogP contribution in [0.4, 0.5) is 5.13 Å². The minimum Gasteiger partial charge on any atom is -0.374 e. The number of hydrogen-bond acceptors (Lipinski definition) is 6. The summed E-state index contributed by atoms with van der Waals surface area (Å²) in [6.07, 6.45) is 3.63. The van der Waals surface area contributed by atoms with Crippen molar-refractivity contribution >= 4 is 28.0 Å². The molecule has 0 radical (unpaired) electrons. The maximum Gasteiger partial charge on any atom is 0.253 e. The van der Waals surface area contributed by atoms with Gasteiger partial charge in [0.25, 0.3) is 5.91 Å². The summed E-state index contributed by atoms with van der Waals surface area (Å²) < 4.78 is 1.83. The Kier molecular flexibility index (Phi) is 3.30. The first-order valence-corrected chi connectivity index (χ1v) is 7.19. The van der Waals surface area contributed by atoms with Crippen LogP contribution in [0.1, 0.15) is 34.0 Å². The van der Waals surface area contributed by atoms with Gasteiger partial charge in [0, 0.05) is 12.4 Å². The third-order valence-corrected chi connectivity index (χ3v) is 3.94. The molecule has 1 amide bonds. The average molecular weight is 302 g/mol. The Morgan fingerprint density at radius 1 is 1.38 bits per heavy atom. The van der Waals surface area contributed by atoms with Crippen LogP contribution in [0.25, 0.3) is 5.65 Å². The van der Waals surface area contributed by atoms with Crippen molar-refractivity contribution in [3.05, 3.63) is 40.8 Å². The normalized spacial score (nSPS) is 12.5. The van der Waals surface area contributed by atoms with Gasteiger partial charge < -0.3 is 15.5 Å². The molecule has 7 nitrogen and oxygen atoms in total. The van der Waals surface area contributed by atoms with Gasteiger partial charge in [-0.15, -0.1) is 10.2 Å². The number of fused-ring (bicyclic) bond motifs is 1. The van der Waals surface area contributed by atoms with Gasteiger partial charge in [-0.2, -0.15) is 0 Å². The second kappa shape index (κ2) is 5.13. The Bertz CT molecular complexity index is 808. The van der Waals surface area contributed by atoms with Crippen molar-refractivity contribution in [1.29, 1.82) is 0 Å². The highest BCUT2D eigenvalue weighted by molar-refractivity contribution is 7.15.